The Balaban J connectivity index is 1.68. The van der Waals surface area contributed by atoms with Crippen molar-refractivity contribution in [1.29, 1.82) is 0 Å². The van der Waals surface area contributed by atoms with E-state index < -0.39 is 0 Å². The van der Waals surface area contributed by atoms with Crippen LogP contribution in [0.2, 0.25) is 0 Å². The largest absolute Gasteiger partial charge is 0.493 e. The zero-order valence-corrected chi connectivity index (χ0v) is 15.9. The SMILES string of the molecule is COc1ccc(C23CCN(C)C2CC2(CCNCC2)CC3)cc1OC. The number of fused-ring (bicyclic) bond motifs is 1. The van der Waals surface area contributed by atoms with Crippen LogP contribution in [0, 0.1) is 5.41 Å². The second-order valence-corrected chi connectivity index (χ2v) is 8.43. The third-order valence-corrected chi connectivity index (χ3v) is 7.43. The van der Waals surface area contributed by atoms with Crippen molar-refractivity contribution in [3.63, 3.8) is 0 Å². The summed E-state index contributed by atoms with van der Waals surface area (Å²) in [4.78, 5) is 2.62. The highest BCUT2D eigenvalue weighted by Gasteiger charge is 2.54. The van der Waals surface area contributed by atoms with Crippen molar-refractivity contribution >= 4 is 0 Å². The average molecular weight is 344 g/mol. The van der Waals surface area contributed by atoms with E-state index in [1.165, 1.54) is 63.7 Å². The number of ether oxygens (including phenoxy) is 2. The fourth-order valence-electron chi connectivity index (χ4n) is 5.80. The van der Waals surface area contributed by atoms with E-state index in [0.29, 0.717) is 11.5 Å². The molecule has 0 bridgehead atoms. The normalized spacial score (nSPS) is 31.7. The average Bonchev–Trinajstić information content (AvgIpc) is 2.99. The predicted molar refractivity (Wildman–Crippen MR) is 101 cm³/mol. The van der Waals surface area contributed by atoms with Crippen molar-refractivity contribution in [3.05, 3.63) is 23.8 Å². The molecule has 4 rings (SSSR count). The van der Waals surface area contributed by atoms with Crippen LogP contribution in [0.15, 0.2) is 18.2 Å². The van der Waals surface area contributed by atoms with Crippen molar-refractivity contribution in [2.24, 2.45) is 5.41 Å². The van der Waals surface area contributed by atoms with Crippen molar-refractivity contribution < 1.29 is 9.47 Å². The molecule has 1 N–H and O–H groups in total. The van der Waals surface area contributed by atoms with Gasteiger partial charge in [-0.15, -0.1) is 0 Å². The van der Waals surface area contributed by atoms with E-state index in [0.717, 1.165) is 11.5 Å². The van der Waals surface area contributed by atoms with Crippen molar-refractivity contribution in [1.82, 2.24) is 10.2 Å². The number of methoxy groups -OCH3 is 2. The van der Waals surface area contributed by atoms with Crippen LogP contribution in [0.1, 0.15) is 44.1 Å². The van der Waals surface area contributed by atoms with Gasteiger partial charge in [-0.1, -0.05) is 6.07 Å². The molecule has 2 saturated heterocycles. The smallest absolute Gasteiger partial charge is 0.161 e. The van der Waals surface area contributed by atoms with Crippen molar-refractivity contribution in [2.45, 2.75) is 50.0 Å². The lowest BCUT2D eigenvalue weighted by Gasteiger charge is -2.52. The molecule has 25 heavy (non-hydrogen) atoms. The lowest BCUT2D eigenvalue weighted by Crippen LogP contribution is -2.52. The van der Waals surface area contributed by atoms with Crippen molar-refractivity contribution in [3.8, 4) is 11.5 Å². The quantitative estimate of drug-likeness (QED) is 0.913. The van der Waals surface area contributed by atoms with Gasteiger partial charge in [-0.2, -0.15) is 0 Å². The zero-order valence-electron chi connectivity index (χ0n) is 15.9. The molecule has 138 valence electrons. The molecule has 1 spiro atoms. The van der Waals surface area contributed by atoms with Crippen LogP contribution >= 0.6 is 0 Å². The summed E-state index contributed by atoms with van der Waals surface area (Å²) in [6.07, 6.45) is 7.97. The number of likely N-dealkylation sites (N-methyl/N-ethyl adjacent to an activating group) is 1. The maximum absolute atomic E-state index is 5.60. The molecule has 2 heterocycles. The molecule has 1 aliphatic carbocycles. The maximum atomic E-state index is 5.60. The Labute approximate surface area is 151 Å². The van der Waals surface area contributed by atoms with E-state index >= 15 is 0 Å². The van der Waals surface area contributed by atoms with Gasteiger partial charge < -0.3 is 19.7 Å². The Kier molecular flexibility index (Phi) is 4.45. The van der Waals surface area contributed by atoms with Gasteiger partial charge in [-0.3, -0.25) is 0 Å². The number of hydrogen-bond acceptors (Lipinski definition) is 4. The number of nitrogens with one attached hydrogen (secondary N) is 1. The summed E-state index contributed by atoms with van der Waals surface area (Å²) in [6, 6.07) is 7.27. The van der Waals surface area contributed by atoms with Gasteiger partial charge in [-0.25, -0.2) is 0 Å². The third kappa shape index (κ3) is 2.74. The van der Waals surface area contributed by atoms with Gasteiger partial charge in [0.25, 0.3) is 0 Å². The fourth-order valence-corrected chi connectivity index (χ4v) is 5.80. The minimum Gasteiger partial charge on any atom is -0.493 e. The number of nitrogens with zero attached hydrogens (tertiary/aromatic N) is 1. The molecule has 0 radical (unpaired) electrons. The van der Waals surface area contributed by atoms with Gasteiger partial charge in [0.2, 0.25) is 0 Å². The lowest BCUT2D eigenvalue weighted by atomic mass is 9.56. The van der Waals surface area contributed by atoms with Gasteiger partial charge in [0.05, 0.1) is 14.2 Å². The summed E-state index contributed by atoms with van der Waals surface area (Å²) < 4.78 is 11.1. The molecule has 3 fully saturated rings. The van der Waals surface area contributed by atoms with Crippen LogP contribution in [0.25, 0.3) is 0 Å². The maximum Gasteiger partial charge on any atom is 0.161 e. The first-order valence-corrected chi connectivity index (χ1v) is 9.76. The Hall–Kier alpha value is -1.26. The van der Waals surface area contributed by atoms with Crippen LogP contribution in [-0.2, 0) is 5.41 Å². The highest BCUT2D eigenvalue weighted by Crippen LogP contribution is 2.56. The monoisotopic (exact) mass is 344 g/mol. The van der Waals surface area contributed by atoms with E-state index in [4.69, 9.17) is 9.47 Å². The molecule has 2 unspecified atom stereocenters. The van der Waals surface area contributed by atoms with Gasteiger partial charge in [0, 0.05) is 11.5 Å². The standard InChI is InChI=1S/C21H32N2O2/c1-23-13-10-21(16-4-5-17(24-2)18(14-16)25-3)7-6-20(15-19(21)23)8-11-22-12-9-20/h4-5,14,19,22H,6-13,15H2,1-3H3. The first-order chi connectivity index (χ1) is 12.1. The summed E-state index contributed by atoms with van der Waals surface area (Å²) in [5.41, 5.74) is 2.29. The number of rotatable bonds is 3. The highest BCUT2D eigenvalue weighted by atomic mass is 16.5. The molecule has 2 atom stereocenters. The van der Waals surface area contributed by atoms with Crippen LogP contribution < -0.4 is 14.8 Å². The van der Waals surface area contributed by atoms with Gasteiger partial charge in [-0.05, 0) is 88.3 Å². The highest BCUT2D eigenvalue weighted by molar-refractivity contribution is 5.46. The van der Waals surface area contributed by atoms with Crippen LogP contribution in [0.3, 0.4) is 0 Å². The minimum atomic E-state index is 0.282. The van der Waals surface area contributed by atoms with Crippen LogP contribution in [0.4, 0.5) is 0 Å². The summed E-state index contributed by atoms with van der Waals surface area (Å²) in [5, 5.41) is 3.55. The summed E-state index contributed by atoms with van der Waals surface area (Å²) in [6.45, 7) is 3.59. The molecule has 1 aromatic rings. The molecule has 4 heteroatoms. The molecule has 0 aromatic heterocycles. The van der Waals surface area contributed by atoms with E-state index in [1.54, 1.807) is 14.2 Å². The van der Waals surface area contributed by atoms with E-state index in [2.05, 4.69) is 35.5 Å². The second kappa shape index (κ2) is 6.48. The predicted octanol–water partition coefficient (Wildman–Crippen LogP) is 3.20. The Morgan fingerprint density at radius 2 is 1.76 bits per heavy atom. The van der Waals surface area contributed by atoms with Gasteiger partial charge in [0.1, 0.15) is 0 Å². The molecule has 0 amide bonds. The van der Waals surface area contributed by atoms with E-state index in [1.807, 2.05) is 0 Å². The fraction of sp³-hybridized carbons (Fsp3) is 0.714. The number of benzene rings is 1. The first kappa shape index (κ1) is 17.2. The summed E-state index contributed by atoms with van der Waals surface area (Å²) in [7, 11) is 5.78. The minimum absolute atomic E-state index is 0.282. The molecule has 1 aromatic carbocycles. The van der Waals surface area contributed by atoms with Crippen LogP contribution in [-0.4, -0.2) is 51.8 Å². The first-order valence-electron chi connectivity index (χ1n) is 9.76. The summed E-state index contributed by atoms with van der Waals surface area (Å²) >= 11 is 0. The Bertz CT molecular complexity index is 626. The Morgan fingerprint density at radius 3 is 2.48 bits per heavy atom. The molecule has 1 saturated carbocycles. The molecular weight excluding hydrogens is 312 g/mol. The van der Waals surface area contributed by atoms with Gasteiger partial charge >= 0.3 is 0 Å². The van der Waals surface area contributed by atoms with Gasteiger partial charge in [0.15, 0.2) is 11.5 Å². The van der Waals surface area contributed by atoms with E-state index in [9.17, 15) is 0 Å². The molecule has 3 aliphatic rings. The van der Waals surface area contributed by atoms with Crippen LogP contribution in [0.5, 0.6) is 11.5 Å². The summed E-state index contributed by atoms with van der Waals surface area (Å²) in [5.74, 6) is 1.70. The molecule has 2 aliphatic heterocycles. The number of hydrogen-bond donors (Lipinski definition) is 1. The Morgan fingerprint density at radius 1 is 1.00 bits per heavy atom. The topological polar surface area (TPSA) is 33.7 Å². The second-order valence-electron chi connectivity index (χ2n) is 8.43. The lowest BCUT2D eigenvalue weighted by molar-refractivity contribution is 0.0440. The van der Waals surface area contributed by atoms with Crippen molar-refractivity contribution in [2.75, 3.05) is 40.9 Å². The molecular formula is C21H32N2O2. The third-order valence-electron chi connectivity index (χ3n) is 7.43. The molecule has 4 nitrogen and oxygen atoms in total. The van der Waals surface area contributed by atoms with E-state index in [-0.39, 0.29) is 5.41 Å². The number of likely N-dealkylation sites (tertiary alicyclic amines) is 1. The zero-order chi connectivity index (χ0) is 17.5. The number of piperidine rings is 1.